The zero-order chi connectivity index (χ0) is 17.5. The molecule has 0 saturated heterocycles. The molecule has 0 spiro atoms. The van der Waals surface area contributed by atoms with Gasteiger partial charge in [0.15, 0.2) is 5.69 Å². The second-order valence-corrected chi connectivity index (χ2v) is 7.84. The quantitative estimate of drug-likeness (QED) is 0.877. The third-order valence-corrected chi connectivity index (χ3v) is 5.90. The minimum Gasteiger partial charge on any atom is -0.476 e. The Bertz CT molecular complexity index is 874. The Balaban J connectivity index is 2.08. The number of benzene rings is 1. The van der Waals surface area contributed by atoms with E-state index in [0.29, 0.717) is 12.0 Å². The van der Waals surface area contributed by atoms with E-state index in [2.05, 4.69) is 5.10 Å². The molecule has 0 amide bonds. The number of carboxylic acids is 1. The van der Waals surface area contributed by atoms with Crippen LogP contribution in [-0.2, 0) is 23.2 Å². The molecule has 1 aliphatic rings. The van der Waals surface area contributed by atoms with Crippen LogP contribution in [0.25, 0.3) is 5.69 Å². The molecule has 0 fully saturated rings. The van der Waals surface area contributed by atoms with Crippen molar-refractivity contribution in [2.24, 2.45) is 0 Å². The van der Waals surface area contributed by atoms with E-state index in [9.17, 15) is 18.3 Å². The number of fused-ring (bicyclic) bond motifs is 1. The number of rotatable bonds is 4. The molecular weight excluding hydrogens is 332 g/mol. The first-order chi connectivity index (χ1) is 11.3. The first-order valence-electron chi connectivity index (χ1n) is 7.39. The fourth-order valence-electron chi connectivity index (χ4n) is 2.78. The van der Waals surface area contributed by atoms with Crippen molar-refractivity contribution in [1.29, 1.82) is 0 Å². The van der Waals surface area contributed by atoms with Crippen molar-refractivity contribution in [3.63, 3.8) is 0 Å². The Morgan fingerprint density at radius 3 is 2.50 bits per heavy atom. The van der Waals surface area contributed by atoms with Crippen molar-refractivity contribution >= 4 is 16.2 Å². The average Bonchev–Trinajstić information content (AvgIpc) is 2.94. The lowest BCUT2D eigenvalue weighted by atomic mass is 10.1. The van der Waals surface area contributed by atoms with Gasteiger partial charge in [0.2, 0.25) is 0 Å². The molecule has 0 radical (unpaired) electrons. The summed E-state index contributed by atoms with van der Waals surface area (Å²) in [4.78, 5) is 11.6. The summed E-state index contributed by atoms with van der Waals surface area (Å²) < 4.78 is 28.7. The van der Waals surface area contributed by atoms with E-state index < -0.39 is 16.2 Å². The molecule has 1 aliphatic heterocycles. The first kappa shape index (κ1) is 16.6. The van der Waals surface area contributed by atoms with E-state index >= 15 is 0 Å². The zero-order valence-corrected chi connectivity index (χ0v) is 14.2. The maximum atomic E-state index is 12.3. The van der Waals surface area contributed by atoms with Crippen molar-refractivity contribution in [3.05, 3.63) is 47.3 Å². The standard InChI is InChI=1S/C15H18N4O4S/c1-17(2)24(22,23)18-9-8-13-12(10-18)14(15(20)21)16-19(13)11-6-4-3-5-7-11/h3-7H,8-10H2,1-2H3,(H,20,21). The smallest absolute Gasteiger partial charge is 0.356 e. The van der Waals surface area contributed by atoms with Crippen molar-refractivity contribution in [2.75, 3.05) is 20.6 Å². The minimum absolute atomic E-state index is 0.00428. The van der Waals surface area contributed by atoms with Crippen LogP contribution in [0.4, 0.5) is 0 Å². The van der Waals surface area contributed by atoms with Crippen LogP contribution < -0.4 is 0 Å². The fraction of sp³-hybridized carbons (Fsp3) is 0.333. The number of para-hydroxylation sites is 1. The van der Waals surface area contributed by atoms with E-state index in [1.807, 2.05) is 30.3 Å². The molecule has 0 bridgehead atoms. The second-order valence-electron chi connectivity index (χ2n) is 5.70. The molecule has 1 N–H and O–H groups in total. The van der Waals surface area contributed by atoms with Crippen LogP contribution in [0.15, 0.2) is 30.3 Å². The predicted molar refractivity (Wildman–Crippen MR) is 87.2 cm³/mol. The van der Waals surface area contributed by atoms with Gasteiger partial charge in [-0.3, -0.25) is 0 Å². The van der Waals surface area contributed by atoms with Crippen LogP contribution in [-0.4, -0.2) is 58.5 Å². The zero-order valence-electron chi connectivity index (χ0n) is 13.4. The molecule has 1 aromatic carbocycles. The highest BCUT2D eigenvalue weighted by Gasteiger charge is 2.34. The van der Waals surface area contributed by atoms with E-state index in [1.54, 1.807) is 4.68 Å². The number of hydrogen-bond acceptors (Lipinski definition) is 4. The van der Waals surface area contributed by atoms with Crippen LogP contribution in [0.1, 0.15) is 21.7 Å². The summed E-state index contributed by atoms with van der Waals surface area (Å²) in [6.45, 7) is 0.287. The van der Waals surface area contributed by atoms with Gasteiger partial charge in [0.05, 0.1) is 11.4 Å². The summed E-state index contributed by atoms with van der Waals surface area (Å²) in [7, 11) is -0.694. The fourth-order valence-corrected chi connectivity index (χ4v) is 3.85. The maximum Gasteiger partial charge on any atom is 0.356 e. The molecule has 8 nitrogen and oxygen atoms in total. The van der Waals surface area contributed by atoms with Gasteiger partial charge in [0, 0.05) is 39.2 Å². The highest BCUT2D eigenvalue weighted by atomic mass is 32.2. The molecule has 128 valence electrons. The lowest BCUT2D eigenvalue weighted by molar-refractivity contribution is 0.0688. The van der Waals surface area contributed by atoms with E-state index in [1.165, 1.54) is 18.4 Å². The van der Waals surface area contributed by atoms with Gasteiger partial charge in [0.25, 0.3) is 10.2 Å². The van der Waals surface area contributed by atoms with Crippen LogP contribution in [0, 0.1) is 0 Å². The Hall–Kier alpha value is -2.23. The van der Waals surface area contributed by atoms with E-state index in [4.69, 9.17) is 0 Å². The van der Waals surface area contributed by atoms with Crippen LogP contribution in [0.3, 0.4) is 0 Å². The van der Waals surface area contributed by atoms with Gasteiger partial charge >= 0.3 is 5.97 Å². The van der Waals surface area contributed by atoms with Crippen LogP contribution in [0.2, 0.25) is 0 Å². The highest BCUT2D eigenvalue weighted by molar-refractivity contribution is 7.86. The van der Waals surface area contributed by atoms with E-state index in [-0.39, 0.29) is 18.8 Å². The molecule has 3 rings (SSSR count). The summed E-state index contributed by atoms with van der Waals surface area (Å²) >= 11 is 0. The third-order valence-electron chi connectivity index (χ3n) is 4.01. The molecule has 2 heterocycles. The minimum atomic E-state index is -3.60. The molecule has 0 aliphatic carbocycles. The summed E-state index contributed by atoms with van der Waals surface area (Å²) in [5, 5.41) is 13.7. The Morgan fingerprint density at radius 1 is 1.25 bits per heavy atom. The molecule has 0 atom stereocenters. The predicted octanol–water partition coefficient (Wildman–Crippen LogP) is 0.735. The molecule has 0 unspecified atom stereocenters. The van der Waals surface area contributed by atoms with E-state index in [0.717, 1.165) is 15.7 Å². The van der Waals surface area contributed by atoms with Gasteiger partial charge in [-0.1, -0.05) is 18.2 Å². The topological polar surface area (TPSA) is 95.7 Å². The van der Waals surface area contributed by atoms with Gasteiger partial charge in [-0.15, -0.1) is 0 Å². The number of carboxylic acid groups (broad SMARTS) is 1. The summed E-state index contributed by atoms with van der Waals surface area (Å²) in [5.74, 6) is -1.16. The molecule has 2 aromatic rings. The molecule has 1 aromatic heterocycles. The van der Waals surface area contributed by atoms with Crippen LogP contribution >= 0.6 is 0 Å². The largest absolute Gasteiger partial charge is 0.476 e. The van der Waals surface area contributed by atoms with Gasteiger partial charge in [-0.05, 0) is 12.1 Å². The van der Waals surface area contributed by atoms with Crippen molar-refractivity contribution in [3.8, 4) is 5.69 Å². The lowest BCUT2D eigenvalue weighted by Gasteiger charge is -2.29. The molecule has 24 heavy (non-hydrogen) atoms. The van der Waals surface area contributed by atoms with Gasteiger partial charge in [-0.25, -0.2) is 9.48 Å². The Labute approximate surface area is 140 Å². The third kappa shape index (κ3) is 2.70. The maximum absolute atomic E-state index is 12.3. The van der Waals surface area contributed by atoms with Crippen molar-refractivity contribution in [2.45, 2.75) is 13.0 Å². The SMILES string of the molecule is CN(C)S(=O)(=O)N1CCc2c(c(C(=O)O)nn2-c2ccccc2)C1. The summed E-state index contributed by atoms with van der Waals surface area (Å²) in [5.41, 5.74) is 1.84. The normalized spacial score (nSPS) is 15.5. The highest BCUT2D eigenvalue weighted by Crippen LogP contribution is 2.27. The number of nitrogens with zero attached hydrogens (tertiary/aromatic N) is 4. The first-order valence-corrected chi connectivity index (χ1v) is 8.79. The number of aromatic carboxylic acids is 1. The molecule has 0 saturated carbocycles. The van der Waals surface area contributed by atoms with Crippen LogP contribution in [0.5, 0.6) is 0 Å². The number of hydrogen-bond donors (Lipinski definition) is 1. The Morgan fingerprint density at radius 2 is 1.92 bits per heavy atom. The molecule has 9 heteroatoms. The Kier molecular flexibility index (Phi) is 4.16. The molecular formula is C15H18N4O4S. The number of carbonyl (C=O) groups is 1. The van der Waals surface area contributed by atoms with Crippen molar-refractivity contribution < 1.29 is 18.3 Å². The van der Waals surface area contributed by atoms with Gasteiger partial charge in [-0.2, -0.15) is 22.1 Å². The average molecular weight is 350 g/mol. The second kappa shape index (κ2) is 6.00. The summed E-state index contributed by atoms with van der Waals surface area (Å²) in [6.07, 6.45) is 0.400. The van der Waals surface area contributed by atoms with Crippen molar-refractivity contribution in [1.82, 2.24) is 18.4 Å². The number of aromatic nitrogens is 2. The lowest BCUT2D eigenvalue weighted by Crippen LogP contribution is -2.43. The van der Waals surface area contributed by atoms with Gasteiger partial charge in [0.1, 0.15) is 0 Å². The summed E-state index contributed by atoms with van der Waals surface area (Å²) in [6, 6.07) is 9.22. The van der Waals surface area contributed by atoms with Gasteiger partial charge < -0.3 is 5.11 Å². The monoisotopic (exact) mass is 350 g/mol.